The van der Waals surface area contributed by atoms with Gasteiger partial charge >= 0.3 is 5.97 Å². The van der Waals surface area contributed by atoms with E-state index in [1.165, 1.54) is 0 Å². The Labute approximate surface area is 163 Å². The van der Waals surface area contributed by atoms with E-state index in [0.717, 1.165) is 55.7 Å². The lowest BCUT2D eigenvalue weighted by atomic mass is 10.1. The van der Waals surface area contributed by atoms with Crippen molar-refractivity contribution in [3.05, 3.63) is 76.6 Å². The van der Waals surface area contributed by atoms with E-state index >= 15 is 0 Å². The molecule has 0 fully saturated rings. The van der Waals surface area contributed by atoms with Gasteiger partial charge in [-0.1, -0.05) is 25.8 Å². The lowest BCUT2D eigenvalue weighted by Gasteiger charge is -2.10. The summed E-state index contributed by atoms with van der Waals surface area (Å²) < 4.78 is 73.8. The minimum absolute atomic E-state index is 0.0944. The fourth-order valence-electron chi connectivity index (χ4n) is 3.02. The lowest BCUT2D eigenvalue weighted by Crippen LogP contribution is -2.11. The van der Waals surface area contributed by atoms with Crippen LogP contribution in [0.2, 0.25) is 0 Å². The number of rotatable bonds is 6. The van der Waals surface area contributed by atoms with Crippen LogP contribution in [0.4, 0.5) is 22.0 Å². The zero-order chi connectivity index (χ0) is 21.1. The maximum Gasteiger partial charge on any atom is 0.343 e. The minimum atomic E-state index is -1.63. The SMILES string of the molecule is CCCCCc1cc(F)c(OC(=O)c2ccc3c(F)c(F)c(F)cc3c2)c(F)c1. The summed E-state index contributed by atoms with van der Waals surface area (Å²) in [7, 11) is 0. The van der Waals surface area contributed by atoms with Crippen molar-refractivity contribution in [3.8, 4) is 5.75 Å². The smallest absolute Gasteiger partial charge is 0.343 e. The highest BCUT2D eigenvalue weighted by Gasteiger charge is 2.19. The average molecular weight is 408 g/mol. The van der Waals surface area contributed by atoms with Gasteiger partial charge in [0.2, 0.25) is 5.75 Å². The monoisotopic (exact) mass is 408 g/mol. The number of esters is 1. The highest BCUT2D eigenvalue weighted by Crippen LogP contribution is 2.27. The average Bonchev–Trinajstić information content (AvgIpc) is 2.68. The molecule has 29 heavy (non-hydrogen) atoms. The Bertz CT molecular complexity index is 1060. The summed E-state index contributed by atoms with van der Waals surface area (Å²) in [5, 5.41) is -0.336. The molecule has 0 N–H and O–H groups in total. The highest BCUT2D eigenvalue weighted by atomic mass is 19.2. The number of aryl methyl sites for hydroxylation is 1. The van der Waals surface area contributed by atoms with Crippen molar-refractivity contribution in [2.45, 2.75) is 32.6 Å². The van der Waals surface area contributed by atoms with Crippen LogP contribution in [0.1, 0.15) is 42.1 Å². The highest BCUT2D eigenvalue weighted by molar-refractivity contribution is 5.96. The molecule has 0 heterocycles. The second kappa shape index (κ2) is 8.59. The molecule has 0 unspecified atom stereocenters. The summed E-state index contributed by atoms with van der Waals surface area (Å²) in [6.45, 7) is 2.01. The van der Waals surface area contributed by atoms with Crippen molar-refractivity contribution < 1.29 is 31.5 Å². The first kappa shape index (κ1) is 20.8. The molecule has 0 atom stereocenters. The van der Waals surface area contributed by atoms with Crippen LogP contribution in [0.3, 0.4) is 0 Å². The van der Waals surface area contributed by atoms with E-state index in [2.05, 4.69) is 0 Å². The van der Waals surface area contributed by atoms with Crippen LogP contribution in [0.25, 0.3) is 10.8 Å². The molecule has 3 aromatic carbocycles. The molecule has 3 aromatic rings. The van der Waals surface area contributed by atoms with Crippen molar-refractivity contribution in [2.75, 3.05) is 0 Å². The third-order valence-corrected chi connectivity index (χ3v) is 4.53. The number of hydrogen-bond donors (Lipinski definition) is 0. The molecule has 7 heteroatoms. The number of unbranched alkanes of at least 4 members (excludes halogenated alkanes) is 2. The molecule has 3 rings (SSSR count). The van der Waals surface area contributed by atoms with Crippen LogP contribution in [0.15, 0.2) is 36.4 Å². The van der Waals surface area contributed by atoms with Crippen molar-refractivity contribution in [3.63, 3.8) is 0 Å². The van der Waals surface area contributed by atoms with Crippen molar-refractivity contribution in [1.82, 2.24) is 0 Å². The van der Waals surface area contributed by atoms with Gasteiger partial charge in [0, 0.05) is 5.39 Å². The summed E-state index contributed by atoms with van der Waals surface area (Å²) in [5.41, 5.74) is 0.251. The van der Waals surface area contributed by atoms with Gasteiger partial charge in [-0.25, -0.2) is 26.7 Å². The van der Waals surface area contributed by atoms with E-state index in [-0.39, 0.29) is 16.3 Å². The van der Waals surface area contributed by atoms with Gasteiger partial charge in [-0.15, -0.1) is 0 Å². The van der Waals surface area contributed by atoms with Gasteiger partial charge in [0.05, 0.1) is 5.56 Å². The van der Waals surface area contributed by atoms with Gasteiger partial charge in [0.25, 0.3) is 0 Å². The number of benzene rings is 3. The van der Waals surface area contributed by atoms with Crippen molar-refractivity contribution >= 4 is 16.7 Å². The number of carbonyl (C=O) groups is 1. The molecule has 0 amide bonds. The normalized spacial score (nSPS) is 11.1. The molecule has 0 aliphatic rings. The number of hydrogen-bond acceptors (Lipinski definition) is 2. The van der Waals surface area contributed by atoms with Crippen LogP contribution in [0.5, 0.6) is 5.75 Å². The zero-order valence-electron chi connectivity index (χ0n) is 15.5. The fraction of sp³-hybridized carbons (Fsp3) is 0.227. The summed E-state index contributed by atoms with van der Waals surface area (Å²) in [4.78, 5) is 12.3. The first-order valence-electron chi connectivity index (χ1n) is 9.09. The van der Waals surface area contributed by atoms with Gasteiger partial charge in [-0.3, -0.25) is 0 Å². The van der Waals surface area contributed by atoms with Crippen molar-refractivity contribution in [2.24, 2.45) is 0 Å². The lowest BCUT2D eigenvalue weighted by molar-refractivity contribution is 0.0720. The summed E-state index contributed by atoms with van der Waals surface area (Å²) in [5.74, 6) is -8.46. The Morgan fingerprint density at radius 2 is 1.55 bits per heavy atom. The second-order valence-corrected chi connectivity index (χ2v) is 6.66. The van der Waals surface area contributed by atoms with Gasteiger partial charge in [0.15, 0.2) is 29.1 Å². The number of ether oxygens (including phenoxy) is 1. The van der Waals surface area contributed by atoms with E-state index in [4.69, 9.17) is 4.74 Å². The number of carbonyl (C=O) groups excluding carboxylic acids is 1. The molecule has 2 nitrogen and oxygen atoms in total. The molecule has 0 aromatic heterocycles. The molecule has 0 radical (unpaired) electrons. The Morgan fingerprint density at radius 3 is 2.21 bits per heavy atom. The van der Waals surface area contributed by atoms with Gasteiger partial charge in [0.1, 0.15) is 0 Å². The topological polar surface area (TPSA) is 26.3 Å². The van der Waals surface area contributed by atoms with E-state index in [1.54, 1.807) is 0 Å². The standard InChI is InChI=1S/C22H17F5O2/c1-2-3-4-5-12-8-17(24)21(18(25)9-12)29-22(28)13-6-7-15-14(10-13)11-16(23)20(27)19(15)26/h6-11H,2-5H2,1H3. The van der Waals surface area contributed by atoms with Gasteiger partial charge < -0.3 is 4.74 Å². The van der Waals surface area contributed by atoms with Gasteiger partial charge in [-0.2, -0.15) is 0 Å². The second-order valence-electron chi connectivity index (χ2n) is 6.66. The summed E-state index contributed by atoms with van der Waals surface area (Å²) >= 11 is 0. The minimum Gasteiger partial charge on any atom is -0.417 e. The number of fused-ring (bicyclic) bond motifs is 1. The van der Waals surface area contributed by atoms with Crippen LogP contribution in [-0.2, 0) is 6.42 Å². The Hall–Kier alpha value is -2.96. The number of halogens is 5. The van der Waals surface area contributed by atoms with Crippen LogP contribution in [0, 0.1) is 29.1 Å². The van der Waals surface area contributed by atoms with E-state index in [9.17, 15) is 26.7 Å². The quantitative estimate of drug-likeness (QED) is 0.153. The molecule has 0 saturated heterocycles. The molecule has 0 spiro atoms. The van der Waals surface area contributed by atoms with E-state index in [1.807, 2.05) is 6.92 Å². The maximum atomic E-state index is 14.2. The molecular formula is C22H17F5O2. The predicted molar refractivity (Wildman–Crippen MR) is 98.4 cm³/mol. The summed E-state index contributed by atoms with van der Waals surface area (Å²) in [6.07, 6.45) is 3.16. The zero-order valence-corrected chi connectivity index (χ0v) is 15.5. The van der Waals surface area contributed by atoms with E-state index < -0.39 is 40.8 Å². The first-order chi connectivity index (χ1) is 13.8. The van der Waals surface area contributed by atoms with Gasteiger partial charge in [-0.05, 0) is 54.1 Å². The third kappa shape index (κ3) is 4.39. The van der Waals surface area contributed by atoms with Crippen molar-refractivity contribution in [1.29, 1.82) is 0 Å². The summed E-state index contributed by atoms with van der Waals surface area (Å²) in [6, 6.07) is 6.15. The Balaban J connectivity index is 1.85. The Kier molecular flexibility index (Phi) is 6.15. The van der Waals surface area contributed by atoms with Crippen LogP contribution >= 0.6 is 0 Å². The molecule has 0 saturated carbocycles. The molecule has 0 aliphatic carbocycles. The third-order valence-electron chi connectivity index (χ3n) is 4.53. The van der Waals surface area contributed by atoms with E-state index in [0.29, 0.717) is 12.0 Å². The molecule has 152 valence electrons. The fourth-order valence-corrected chi connectivity index (χ4v) is 3.02. The molecule has 0 bridgehead atoms. The predicted octanol–water partition coefficient (Wildman–Crippen LogP) is 6.49. The van der Waals surface area contributed by atoms with Crippen LogP contribution < -0.4 is 4.74 Å². The molecule has 0 aliphatic heterocycles. The Morgan fingerprint density at radius 1 is 0.862 bits per heavy atom. The first-order valence-corrected chi connectivity index (χ1v) is 9.09. The van der Waals surface area contributed by atoms with Crippen LogP contribution in [-0.4, -0.2) is 5.97 Å². The maximum absolute atomic E-state index is 14.2. The largest absolute Gasteiger partial charge is 0.417 e. The molecular weight excluding hydrogens is 391 g/mol.